The molecule has 1 N–H and O–H groups in total. The Bertz CT molecular complexity index is 2060. The number of allylic oxidation sites excluding steroid dienone is 1. The van der Waals surface area contributed by atoms with Crippen LogP contribution in [0.25, 0.3) is 59.5 Å². The normalized spacial score (nSPS) is 14.7. The maximum Gasteiger partial charge on any atom is 0.142 e. The molecule has 0 amide bonds. The van der Waals surface area contributed by atoms with E-state index in [-0.39, 0.29) is 0 Å². The SMILES string of the molecule is CC1C=Cc2c(oc3c(-c4ccc(Nc5ccc(-c6cccc7c6sc6ccccc67)cc5)cc4)cccc23)C1. The summed E-state index contributed by atoms with van der Waals surface area (Å²) in [6.45, 7) is 2.23. The van der Waals surface area contributed by atoms with Crippen molar-refractivity contribution >= 4 is 59.9 Å². The van der Waals surface area contributed by atoms with Gasteiger partial charge in [-0.3, -0.25) is 0 Å². The first kappa shape index (κ1) is 23.3. The van der Waals surface area contributed by atoms with Gasteiger partial charge in [-0.15, -0.1) is 11.3 Å². The Morgan fingerprint density at radius 1 is 0.675 bits per heavy atom. The van der Waals surface area contributed by atoms with Crippen LogP contribution in [0, 0.1) is 5.92 Å². The van der Waals surface area contributed by atoms with Crippen molar-refractivity contribution in [3.05, 3.63) is 127 Å². The Hall–Kier alpha value is -4.60. The first-order valence-corrected chi connectivity index (χ1v) is 14.6. The monoisotopic (exact) mass is 533 g/mol. The summed E-state index contributed by atoms with van der Waals surface area (Å²) in [7, 11) is 0. The van der Waals surface area contributed by atoms with Crippen LogP contribution in [-0.2, 0) is 6.42 Å². The summed E-state index contributed by atoms with van der Waals surface area (Å²) >= 11 is 1.87. The second-order valence-corrected chi connectivity index (χ2v) is 11.8. The predicted octanol–water partition coefficient (Wildman–Crippen LogP) is 11.1. The van der Waals surface area contributed by atoms with E-state index in [4.69, 9.17) is 4.42 Å². The molecule has 7 aromatic rings. The highest BCUT2D eigenvalue weighted by molar-refractivity contribution is 7.26. The summed E-state index contributed by atoms with van der Waals surface area (Å²) in [6.07, 6.45) is 5.46. The van der Waals surface area contributed by atoms with Crippen LogP contribution in [-0.4, -0.2) is 0 Å². The second-order valence-electron chi connectivity index (χ2n) is 10.7. The minimum atomic E-state index is 0.514. The first-order chi connectivity index (χ1) is 19.7. The standard InChI is InChI=1S/C37H27NOS/c1-23-12-21-30-32-9-4-7-28(36(32)39-34(30)22-23)24-13-17-26(18-14-24)38-27-19-15-25(16-20-27)29-8-5-10-33-31-6-2-3-11-35(31)40-37(29)33/h2-21,23,38H,22H2,1H3. The van der Waals surface area contributed by atoms with E-state index < -0.39 is 0 Å². The van der Waals surface area contributed by atoms with Crippen LogP contribution in [0.2, 0.25) is 0 Å². The van der Waals surface area contributed by atoms with E-state index in [0.717, 1.165) is 40.3 Å². The number of nitrogens with one attached hydrogen (secondary N) is 1. The van der Waals surface area contributed by atoms with Crippen LogP contribution in [0.5, 0.6) is 0 Å². The maximum atomic E-state index is 6.40. The number of thiophene rings is 1. The lowest BCUT2D eigenvalue weighted by molar-refractivity contribution is 0.514. The number of fused-ring (bicyclic) bond motifs is 6. The molecule has 40 heavy (non-hydrogen) atoms. The summed E-state index contributed by atoms with van der Waals surface area (Å²) < 4.78 is 9.08. The van der Waals surface area contributed by atoms with Crippen LogP contribution in [0.3, 0.4) is 0 Å². The molecular weight excluding hydrogens is 506 g/mol. The molecule has 192 valence electrons. The van der Waals surface area contributed by atoms with Crippen LogP contribution < -0.4 is 5.32 Å². The van der Waals surface area contributed by atoms with Gasteiger partial charge in [-0.2, -0.15) is 0 Å². The molecule has 3 heteroatoms. The fourth-order valence-corrected chi connectivity index (χ4v) is 7.22. The summed E-state index contributed by atoms with van der Waals surface area (Å²) in [5.74, 6) is 1.61. The Morgan fingerprint density at radius 3 is 2.10 bits per heavy atom. The third-order valence-corrected chi connectivity index (χ3v) is 9.23. The minimum absolute atomic E-state index is 0.514. The number of para-hydroxylation sites is 1. The van der Waals surface area contributed by atoms with Crippen molar-refractivity contribution in [2.75, 3.05) is 5.32 Å². The summed E-state index contributed by atoms with van der Waals surface area (Å²) in [4.78, 5) is 0. The number of benzene rings is 5. The summed E-state index contributed by atoms with van der Waals surface area (Å²) in [5, 5.41) is 7.43. The van der Waals surface area contributed by atoms with Gasteiger partial charge in [-0.1, -0.05) is 97.9 Å². The molecule has 1 aliphatic rings. The van der Waals surface area contributed by atoms with Gasteiger partial charge in [0.2, 0.25) is 0 Å². The molecule has 0 saturated carbocycles. The van der Waals surface area contributed by atoms with Crippen molar-refractivity contribution in [1.82, 2.24) is 0 Å². The highest BCUT2D eigenvalue weighted by Crippen LogP contribution is 2.41. The van der Waals surface area contributed by atoms with Gasteiger partial charge in [0.05, 0.1) is 0 Å². The van der Waals surface area contributed by atoms with E-state index in [1.807, 2.05) is 11.3 Å². The lowest BCUT2D eigenvalue weighted by Crippen LogP contribution is -2.00. The Labute approximate surface area is 237 Å². The average molecular weight is 534 g/mol. The van der Waals surface area contributed by atoms with E-state index in [1.54, 1.807) is 0 Å². The van der Waals surface area contributed by atoms with Gasteiger partial charge in [0.15, 0.2) is 0 Å². The minimum Gasteiger partial charge on any atom is -0.460 e. The Morgan fingerprint density at radius 2 is 1.32 bits per heavy atom. The van der Waals surface area contributed by atoms with Crippen LogP contribution >= 0.6 is 11.3 Å². The van der Waals surface area contributed by atoms with Crippen molar-refractivity contribution in [2.24, 2.45) is 5.92 Å². The Balaban J connectivity index is 1.06. The number of hydrogen-bond donors (Lipinski definition) is 1. The fourth-order valence-electron chi connectivity index (χ4n) is 5.98. The lowest BCUT2D eigenvalue weighted by atomic mass is 9.94. The van der Waals surface area contributed by atoms with E-state index in [2.05, 4.69) is 134 Å². The summed E-state index contributed by atoms with van der Waals surface area (Å²) in [5.41, 5.74) is 9.17. The molecule has 0 radical (unpaired) electrons. The van der Waals surface area contributed by atoms with Gasteiger partial charge in [-0.05, 0) is 52.9 Å². The number of rotatable bonds is 4. The number of furan rings is 1. The molecular formula is C37H27NOS. The topological polar surface area (TPSA) is 25.2 Å². The van der Waals surface area contributed by atoms with Crippen molar-refractivity contribution in [3.8, 4) is 22.3 Å². The van der Waals surface area contributed by atoms with Gasteiger partial charge in [0.25, 0.3) is 0 Å². The average Bonchev–Trinajstić information content (AvgIpc) is 3.56. The molecule has 1 unspecified atom stereocenters. The smallest absolute Gasteiger partial charge is 0.142 e. The highest BCUT2D eigenvalue weighted by Gasteiger charge is 2.20. The molecule has 0 bridgehead atoms. The molecule has 0 spiro atoms. The zero-order valence-electron chi connectivity index (χ0n) is 22.1. The molecule has 8 rings (SSSR count). The Kier molecular flexibility index (Phi) is 5.39. The molecule has 1 atom stereocenters. The van der Waals surface area contributed by atoms with Crippen LogP contribution in [0.4, 0.5) is 11.4 Å². The van der Waals surface area contributed by atoms with Crippen molar-refractivity contribution in [1.29, 1.82) is 0 Å². The predicted molar refractivity (Wildman–Crippen MR) is 172 cm³/mol. The third kappa shape index (κ3) is 3.85. The molecule has 1 aliphatic carbocycles. The molecule has 0 fully saturated rings. The molecule has 2 nitrogen and oxygen atoms in total. The molecule has 2 heterocycles. The molecule has 2 aromatic heterocycles. The van der Waals surface area contributed by atoms with Gasteiger partial charge >= 0.3 is 0 Å². The first-order valence-electron chi connectivity index (χ1n) is 13.8. The van der Waals surface area contributed by atoms with E-state index >= 15 is 0 Å². The van der Waals surface area contributed by atoms with Gasteiger partial charge in [0, 0.05) is 54.5 Å². The quantitative estimate of drug-likeness (QED) is 0.243. The molecule has 5 aromatic carbocycles. The molecule has 0 saturated heterocycles. The van der Waals surface area contributed by atoms with E-state index in [9.17, 15) is 0 Å². The third-order valence-electron chi connectivity index (χ3n) is 8.01. The number of anilines is 2. The largest absolute Gasteiger partial charge is 0.460 e. The lowest BCUT2D eigenvalue weighted by Gasteiger charge is -2.10. The van der Waals surface area contributed by atoms with Gasteiger partial charge < -0.3 is 9.73 Å². The maximum absolute atomic E-state index is 6.40. The zero-order chi connectivity index (χ0) is 26.6. The zero-order valence-corrected chi connectivity index (χ0v) is 23.0. The summed E-state index contributed by atoms with van der Waals surface area (Å²) in [6, 6.07) is 39.1. The van der Waals surface area contributed by atoms with Crippen molar-refractivity contribution in [2.45, 2.75) is 13.3 Å². The van der Waals surface area contributed by atoms with E-state index in [1.165, 1.54) is 42.2 Å². The van der Waals surface area contributed by atoms with Gasteiger partial charge in [-0.25, -0.2) is 0 Å². The molecule has 0 aliphatic heterocycles. The van der Waals surface area contributed by atoms with E-state index in [0.29, 0.717) is 5.92 Å². The van der Waals surface area contributed by atoms with Gasteiger partial charge in [0.1, 0.15) is 11.3 Å². The van der Waals surface area contributed by atoms with Crippen molar-refractivity contribution in [3.63, 3.8) is 0 Å². The van der Waals surface area contributed by atoms with Crippen LogP contribution in [0.15, 0.2) is 120 Å². The number of hydrogen-bond acceptors (Lipinski definition) is 3. The fraction of sp³-hybridized carbons (Fsp3) is 0.0811. The highest BCUT2D eigenvalue weighted by atomic mass is 32.1. The van der Waals surface area contributed by atoms with Crippen LogP contribution in [0.1, 0.15) is 18.2 Å². The second kappa shape index (κ2) is 9.25. The van der Waals surface area contributed by atoms with Crippen molar-refractivity contribution < 1.29 is 4.42 Å².